The van der Waals surface area contributed by atoms with Crippen LogP contribution in [0.15, 0.2) is 12.1 Å². The number of hydrogen-bond donors (Lipinski definition) is 1. The molecule has 0 fully saturated rings. The van der Waals surface area contributed by atoms with Gasteiger partial charge < -0.3 is 5.73 Å². The minimum absolute atomic E-state index is 0.356. The van der Waals surface area contributed by atoms with Crippen LogP contribution in [0.1, 0.15) is 16.7 Å². The summed E-state index contributed by atoms with van der Waals surface area (Å²) in [5, 5.41) is 0.905. The van der Waals surface area contributed by atoms with Crippen LogP contribution >= 0.6 is 11.5 Å². The van der Waals surface area contributed by atoms with Crippen molar-refractivity contribution in [2.24, 2.45) is 0 Å². The van der Waals surface area contributed by atoms with Gasteiger partial charge in [0.2, 0.25) is 5.95 Å². The average Bonchev–Trinajstić information content (AvgIpc) is 2.49. The van der Waals surface area contributed by atoms with Crippen molar-refractivity contribution >= 4 is 17.5 Å². The van der Waals surface area contributed by atoms with Crippen LogP contribution in [0, 0.1) is 20.8 Å². The standard InChI is InChI=1S/C11H13N3S/c1-6-4-7(2)9(8(3)5-6)10-13-11(12)14-15-10/h4-5H,1-3H3,(H2,12,14). The maximum Gasteiger partial charge on any atom is 0.232 e. The van der Waals surface area contributed by atoms with Crippen molar-refractivity contribution in [3.63, 3.8) is 0 Å². The fourth-order valence-electron chi connectivity index (χ4n) is 1.85. The minimum Gasteiger partial charge on any atom is -0.367 e. The molecule has 0 saturated heterocycles. The van der Waals surface area contributed by atoms with E-state index < -0.39 is 0 Å². The lowest BCUT2D eigenvalue weighted by Gasteiger charge is -2.07. The number of rotatable bonds is 1. The summed E-state index contributed by atoms with van der Waals surface area (Å²) in [4.78, 5) is 4.22. The first-order valence-corrected chi connectivity index (χ1v) is 5.52. The van der Waals surface area contributed by atoms with Crippen LogP contribution < -0.4 is 5.73 Å². The van der Waals surface area contributed by atoms with Gasteiger partial charge in [-0.25, -0.2) is 0 Å². The summed E-state index contributed by atoms with van der Waals surface area (Å²) in [6.07, 6.45) is 0. The van der Waals surface area contributed by atoms with Gasteiger partial charge in [-0.3, -0.25) is 0 Å². The highest BCUT2D eigenvalue weighted by atomic mass is 32.1. The molecule has 0 radical (unpaired) electrons. The maximum atomic E-state index is 5.53. The van der Waals surface area contributed by atoms with E-state index in [0.717, 1.165) is 10.6 Å². The summed E-state index contributed by atoms with van der Waals surface area (Å²) >= 11 is 1.35. The average molecular weight is 219 g/mol. The molecule has 0 unspecified atom stereocenters. The van der Waals surface area contributed by atoms with E-state index in [9.17, 15) is 0 Å². The topological polar surface area (TPSA) is 51.8 Å². The first-order valence-electron chi connectivity index (χ1n) is 4.75. The van der Waals surface area contributed by atoms with Gasteiger partial charge in [-0.2, -0.15) is 9.36 Å². The van der Waals surface area contributed by atoms with Crippen molar-refractivity contribution in [3.8, 4) is 10.6 Å². The Morgan fingerprint density at radius 2 is 1.73 bits per heavy atom. The Labute approximate surface area is 93.1 Å². The third-order valence-electron chi connectivity index (χ3n) is 2.33. The molecule has 0 bridgehead atoms. The monoisotopic (exact) mass is 219 g/mol. The summed E-state index contributed by atoms with van der Waals surface area (Å²) in [6.45, 7) is 6.28. The Bertz CT molecular complexity index is 479. The number of anilines is 1. The van der Waals surface area contributed by atoms with Crippen LogP contribution in [0.25, 0.3) is 10.6 Å². The zero-order valence-electron chi connectivity index (χ0n) is 9.03. The van der Waals surface area contributed by atoms with Crippen molar-refractivity contribution in [2.45, 2.75) is 20.8 Å². The Morgan fingerprint density at radius 3 is 2.20 bits per heavy atom. The quantitative estimate of drug-likeness (QED) is 0.802. The van der Waals surface area contributed by atoms with Crippen molar-refractivity contribution in [3.05, 3.63) is 28.8 Å². The maximum absolute atomic E-state index is 5.53. The summed E-state index contributed by atoms with van der Waals surface area (Å²) < 4.78 is 4.01. The van der Waals surface area contributed by atoms with E-state index in [0.29, 0.717) is 5.95 Å². The molecule has 0 aliphatic rings. The van der Waals surface area contributed by atoms with Crippen LogP contribution in [0.5, 0.6) is 0 Å². The number of nitrogens with two attached hydrogens (primary N) is 1. The molecule has 1 aromatic heterocycles. The second-order valence-corrected chi connectivity index (χ2v) is 4.48. The summed E-state index contributed by atoms with van der Waals surface area (Å²) in [6, 6.07) is 4.31. The lowest BCUT2D eigenvalue weighted by Crippen LogP contribution is -1.90. The van der Waals surface area contributed by atoms with Crippen molar-refractivity contribution < 1.29 is 0 Å². The fourth-order valence-corrected chi connectivity index (χ4v) is 2.62. The van der Waals surface area contributed by atoms with E-state index in [1.165, 1.54) is 28.2 Å². The molecule has 4 heteroatoms. The van der Waals surface area contributed by atoms with Crippen LogP contribution in [-0.4, -0.2) is 9.36 Å². The summed E-state index contributed by atoms with van der Waals surface area (Å²) in [5.74, 6) is 0.356. The lowest BCUT2D eigenvalue weighted by molar-refractivity contribution is 1.29. The molecule has 0 amide bonds. The van der Waals surface area contributed by atoms with Gasteiger partial charge in [0.05, 0.1) is 0 Å². The number of aryl methyl sites for hydroxylation is 3. The van der Waals surface area contributed by atoms with Gasteiger partial charge in [0.25, 0.3) is 0 Å². The van der Waals surface area contributed by atoms with Gasteiger partial charge in [-0.15, -0.1) is 0 Å². The Balaban J connectivity index is 2.62. The second kappa shape index (κ2) is 3.62. The number of hydrogen-bond acceptors (Lipinski definition) is 4. The van der Waals surface area contributed by atoms with Crippen molar-refractivity contribution in [2.75, 3.05) is 5.73 Å². The highest BCUT2D eigenvalue weighted by molar-refractivity contribution is 7.09. The van der Waals surface area contributed by atoms with Gasteiger partial charge in [-0.1, -0.05) is 17.7 Å². The molecule has 0 aliphatic heterocycles. The highest BCUT2D eigenvalue weighted by Gasteiger charge is 2.10. The van der Waals surface area contributed by atoms with E-state index in [1.807, 2.05) is 0 Å². The molecule has 2 N–H and O–H groups in total. The molecule has 2 rings (SSSR count). The zero-order valence-corrected chi connectivity index (χ0v) is 9.85. The zero-order chi connectivity index (χ0) is 11.0. The predicted octanol–water partition coefficient (Wildman–Crippen LogP) is 2.71. The third kappa shape index (κ3) is 1.85. The van der Waals surface area contributed by atoms with Crippen molar-refractivity contribution in [1.29, 1.82) is 0 Å². The van der Waals surface area contributed by atoms with Crippen LogP contribution in [0.3, 0.4) is 0 Å². The molecule has 0 aliphatic carbocycles. The summed E-state index contributed by atoms with van der Waals surface area (Å²) in [7, 11) is 0. The van der Waals surface area contributed by atoms with E-state index in [-0.39, 0.29) is 0 Å². The van der Waals surface area contributed by atoms with E-state index in [4.69, 9.17) is 5.73 Å². The molecule has 15 heavy (non-hydrogen) atoms. The molecule has 1 aromatic carbocycles. The van der Waals surface area contributed by atoms with Crippen LogP contribution in [0.4, 0.5) is 5.95 Å². The lowest BCUT2D eigenvalue weighted by atomic mass is 10.0. The molecule has 1 heterocycles. The van der Waals surface area contributed by atoms with Crippen LogP contribution in [-0.2, 0) is 0 Å². The first kappa shape index (κ1) is 10.1. The third-order valence-corrected chi connectivity index (χ3v) is 3.08. The molecular formula is C11H13N3S. The molecule has 0 spiro atoms. The molecule has 0 atom stereocenters. The second-order valence-electron chi connectivity index (χ2n) is 3.73. The Hall–Kier alpha value is -1.42. The first-order chi connectivity index (χ1) is 7.08. The molecule has 0 saturated carbocycles. The van der Waals surface area contributed by atoms with Gasteiger partial charge in [0.15, 0.2) is 0 Å². The number of benzene rings is 1. The largest absolute Gasteiger partial charge is 0.367 e. The Morgan fingerprint density at radius 1 is 1.13 bits per heavy atom. The van der Waals surface area contributed by atoms with Gasteiger partial charge in [0.1, 0.15) is 5.01 Å². The van der Waals surface area contributed by atoms with Crippen LogP contribution in [0.2, 0.25) is 0 Å². The minimum atomic E-state index is 0.356. The number of aromatic nitrogens is 2. The van der Waals surface area contributed by atoms with E-state index >= 15 is 0 Å². The highest BCUT2D eigenvalue weighted by Crippen LogP contribution is 2.29. The Kier molecular flexibility index (Phi) is 2.44. The smallest absolute Gasteiger partial charge is 0.232 e. The van der Waals surface area contributed by atoms with Gasteiger partial charge >= 0.3 is 0 Å². The predicted molar refractivity (Wildman–Crippen MR) is 64.0 cm³/mol. The fraction of sp³-hybridized carbons (Fsp3) is 0.273. The number of nitrogens with zero attached hydrogens (tertiary/aromatic N) is 2. The van der Waals surface area contributed by atoms with Gasteiger partial charge in [-0.05, 0) is 43.4 Å². The van der Waals surface area contributed by atoms with E-state index in [2.05, 4.69) is 42.3 Å². The molecule has 3 nitrogen and oxygen atoms in total. The SMILES string of the molecule is Cc1cc(C)c(-c2nc(N)ns2)c(C)c1. The van der Waals surface area contributed by atoms with E-state index in [1.54, 1.807) is 0 Å². The normalized spacial score (nSPS) is 10.6. The molecule has 2 aromatic rings. The molecule has 78 valence electrons. The molecular weight excluding hydrogens is 206 g/mol. The van der Waals surface area contributed by atoms with Crippen molar-refractivity contribution in [1.82, 2.24) is 9.36 Å². The van der Waals surface area contributed by atoms with Gasteiger partial charge in [0, 0.05) is 5.56 Å². The summed E-state index contributed by atoms with van der Waals surface area (Å²) in [5.41, 5.74) is 10.4. The number of nitrogen functional groups attached to an aromatic ring is 1.